The molecule has 0 radical (unpaired) electrons. The average molecular weight is 304 g/mol. The molecule has 0 amide bonds. The summed E-state index contributed by atoms with van der Waals surface area (Å²) in [5, 5.41) is 4.56. The molecule has 0 aliphatic carbocycles. The quantitative estimate of drug-likeness (QED) is 0.758. The predicted molar refractivity (Wildman–Crippen MR) is 90.1 cm³/mol. The van der Waals surface area contributed by atoms with Gasteiger partial charge in [-0.3, -0.25) is 0 Å². The third kappa shape index (κ3) is 4.63. The molecule has 0 unspecified atom stereocenters. The fourth-order valence-electron chi connectivity index (χ4n) is 2.22. The molecule has 0 aliphatic rings. The van der Waals surface area contributed by atoms with Crippen LogP contribution in [0.25, 0.3) is 11.3 Å². The number of methoxy groups -OCH3 is 1. The highest BCUT2D eigenvalue weighted by molar-refractivity contribution is 7.12. The number of nitrogens with zero attached hydrogens (tertiary/aromatic N) is 1. The third-order valence-electron chi connectivity index (χ3n) is 3.48. The van der Waals surface area contributed by atoms with Gasteiger partial charge in [0.25, 0.3) is 0 Å². The lowest BCUT2D eigenvalue weighted by atomic mass is 10.1. The van der Waals surface area contributed by atoms with Crippen molar-refractivity contribution in [2.75, 3.05) is 26.8 Å². The second-order valence-electron chi connectivity index (χ2n) is 5.06. The molecule has 1 heterocycles. The van der Waals surface area contributed by atoms with E-state index in [1.165, 1.54) is 21.0 Å². The Morgan fingerprint density at radius 2 is 1.95 bits per heavy atom. The summed E-state index contributed by atoms with van der Waals surface area (Å²) < 4.78 is 5.02. The molecule has 4 heteroatoms. The average Bonchev–Trinajstić information content (AvgIpc) is 2.88. The lowest BCUT2D eigenvalue weighted by Gasteiger charge is -2.02. The molecule has 2 rings (SSSR count). The molecule has 0 atom stereocenters. The second kappa shape index (κ2) is 8.27. The summed E-state index contributed by atoms with van der Waals surface area (Å²) in [5.74, 6) is 0. The standard InChI is InChI=1S/C17H24N2OS/c1-4-14-5-7-15(8-6-14)17-13(2)21-16(19-17)9-10-18-11-12-20-3/h5-8,18H,4,9-12H2,1-3H3. The van der Waals surface area contributed by atoms with Crippen LogP contribution < -0.4 is 5.32 Å². The van der Waals surface area contributed by atoms with Gasteiger partial charge in [0.05, 0.1) is 17.3 Å². The van der Waals surface area contributed by atoms with E-state index in [0.29, 0.717) is 0 Å². The molecule has 2 aromatic rings. The van der Waals surface area contributed by atoms with Gasteiger partial charge in [-0.25, -0.2) is 4.98 Å². The topological polar surface area (TPSA) is 34.2 Å². The number of rotatable bonds is 8. The number of ether oxygens (including phenoxy) is 1. The number of hydrogen-bond donors (Lipinski definition) is 1. The minimum absolute atomic E-state index is 0.756. The van der Waals surface area contributed by atoms with Crippen molar-refractivity contribution >= 4 is 11.3 Å². The number of benzene rings is 1. The van der Waals surface area contributed by atoms with E-state index in [1.54, 1.807) is 18.4 Å². The zero-order valence-corrected chi connectivity index (χ0v) is 13.9. The molecule has 0 saturated heterocycles. The van der Waals surface area contributed by atoms with Crippen molar-refractivity contribution in [1.82, 2.24) is 10.3 Å². The van der Waals surface area contributed by atoms with E-state index in [1.807, 2.05) is 0 Å². The lowest BCUT2D eigenvalue weighted by Crippen LogP contribution is -2.21. The van der Waals surface area contributed by atoms with Gasteiger partial charge in [0.1, 0.15) is 0 Å². The van der Waals surface area contributed by atoms with E-state index in [9.17, 15) is 0 Å². The molecule has 1 N–H and O–H groups in total. The van der Waals surface area contributed by atoms with Crippen LogP contribution in [-0.2, 0) is 17.6 Å². The fourth-order valence-corrected chi connectivity index (χ4v) is 3.17. The number of aromatic nitrogens is 1. The fraction of sp³-hybridized carbons (Fsp3) is 0.471. The van der Waals surface area contributed by atoms with Crippen LogP contribution in [0.5, 0.6) is 0 Å². The van der Waals surface area contributed by atoms with E-state index < -0.39 is 0 Å². The molecule has 1 aromatic heterocycles. The van der Waals surface area contributed by atoms with Gasteiger partial charge in [0.15, 0.2) is 0 Å². The zero-order chi connectivity index (χ0) is 15.1. The molecular weight excluding hydrogens is 280 g/mol. The first-order valence-electron chi connectivity index (χ1n) is 7.50. The molecule has 0 spiro atoms. The Labute approximate surface area is 131 Å². The van der Waals surface area contributed by atoms with Gasteiger partial charge in [-0.2, -0.15) is 0 Å². The van der Waals surface area contributed by atoms with Crippen LogP contribution in [0.1, 0.15) is 22.4 Å². The van der Waals surface area contributed by atoms with Crippen LogP contribution in [0.2, 0.25) is 0 Å². The first-order valence-corrected chi connectivity index (χ1v) is 8.31. The first-order chi connectivity index (χ1) is 10.2. The molecule has 0 aliphatic heterocycles. The van der Waals surface area contributed by atoms with E-state index in [-0.39, 0.29) is 0 Å². The highest BCUT2D eigenvalue weighted by Crippen LogP contribution is 2.27. The molecule has 0 saturated carbocycles. The van der Waals surface area contributed by atoms with Gasteiger partial charge in [-0.15, -0.1) is 11.3 Å². The third-order valence-corrected chi connectivity index (χ3v) is 4.51. The smallest absolute Gasteiger partial charge is 0.0948 e. The van der Waals surface area contributed by atoms with Gasteiger partial charge in [-0.05, 0) is 18.9 Å². The Hall–Kier alpha value is -1.23. The maximum Gasteiger partial charge on any atom is 0.0948 e. The predicted octanol–water partition coefficient (Wildman–Crippen LogP) is 3.46. The van der Waals surface area contributed by atoms with Crippen LogP contribution in [0.15, 0.2) is 24.3 Å². The van der Waals surface area contributed by atoms with Crippen LogP contribution in [0.3, 0.4) is 0 Å². The summed E-state index contributed by atoms with van der Waals surface area (Å²) in [6, 6.07) is 8.75. The van der Waals surface area contributed by atoms with E-state index in [0.717, 1.165) is 38.2 Å². The summed E-state index contributed by atoms with van der Waals surface area (Å²) in [6.45, 7) is 6.93. The maximum absolute atomic E-state index is 5.02. The van der Waals surface area contributed by atoms with Crippen molar-refractivity contribution in [3.05, 3.63) is 39.7 Å². The van der Waals surface area contributed by atoms with Crippen molar-refractivity contribution in [2.45, 2.75) is 26.7 Å². The highest BCUT2D eigenvalue weighted by atomic mass is 32.1. The van der Waals surface area contributed by atoms with Crippen molar-refractivity contribution in [3.8, 4) is 11.3 Å². The highest BCUT2D eigenvalue weighted by Gasteiger charge is 2.09. The number of nitrogens with one attached hydrogen (secondary N) is 1. The molecule has 3 nitrogen and oxygen atoms in total. The Morgan fingerprint density at radius 3 is 2.62 bits per heavy atom. The summed E-state index contributed by atoms with van der Waals surface area (Å²) in [7, 11) is 1.72. The van der Waals surface area contributed by atoms with Gasteiger partial charge >= 0.3 is 0 Å². The van der Waals surface area contributed by atoms with Crippen LogP contribution in [-0.4, -0.2) is 31.8 Å². The van der Waals surface area contributed by atoms with Gasteiger partial charge < -0.3 is 10.1 Å². The molecule has 21 heavy (non-hydrogen) atoms. The zero-order valence-electron chi connectivity index (χ0n) is 13.1. The van der Waals surface area contributed by atoms with Crippen molar-refractivity contribution in [2.24, 2.45) is 0 Å². The normalized spacial score (nSPS) is 11.0. The summed E-state index contributed by atoms with van der Waals surface area (Å²) >= 11 is 1.80. The number of thiazole rings is 1. The largest absolute Gasteiger partial charge is 0.383 e. The van der Waals surface area contributed by atoms with E-state index >= 15 is 0 Å². The van der Waals surface area contributed by atoms with Crippen molar-refractivity contribution in [3.63, 3.8) is 0 Å². The Balaban J connectivity index is 1.97. The van der Waals surface area contributed by atoms with Crippen LogP contribution in [0.4, 0.5) is 0 Å². The molecular formula is C17H24N2OS. The van der Waals surface area contributed by atoms with E-state index in [2.05, 4.69) is 43.4 Å². The van der Waals surface area contributed by atoms with Gasteiger partial charge in [0, 0.05) is 37.1 Å². The summed E-state index contributed by atoms with van der Waals surface area (Å²) in [4.78, 5) is 6.10. The second-order valence-corrected chi connectivity index (χ2v) is 6.34. The molecule has 0 bridgehead atoms. The van der Waals surface area contributed by atoms with Gasteiger partial charge in [0.2, 0.25) is 0 Å². The van der Waals surface area contributed by atoms with Gasteiger partial charge in [-0.1, -0.05) is 31.2 Å². The minimum atomic E-state index is 0.756. The van der Waals surface area contributed by atoms with Crippen molar-refractivity contribution in [1.29, 1.82) is 0 Å². The Morgan fingerprint density at radius 1 is 1.19 bits per heavy atom. The monoisotopic (exact) mass is 304 g/mol. The number of aryl methyl sites for hydroxylation is 2. The Bertz CT molecular complexity index is 548. The van der Waals surface area contributed by atoms with E-state index in [4.69, 9.17) is 9.72 Å². The Kier molecular flexibility index (Phi) is 6.36. The molecule has 0 fully saturated rings. The first kappa shape index (κ1) is 16.1. The SMILES string of the molecule is CCc1ccc(-c2nc(CCNCCOC)sc2C)cc1. The summed E-state index contributed by atoms with van der Waals surface area (Å²) in [6.07, 6.45) is 2.05. The molecule has 1 aromatic carbocycles. The van der Waals surface area contributed by atoms with Crippen LogP contribution >= 0.6 is 11.3 Å². The lowest BCUT2D eigenvalue weighted by molar-refractivity contribution is 0.199. The summed E-state index contributed by atoms with van der Waals surface area (Å²) in [5.41, 5.74) is 3.73. The van der Waals surface area contributed by atoms with Crippen LogP contribution in [0, 0.1) is 6.92 Å². The number of hydrogen-bond acceptors (Lipinski definition) is 4. The minimum Gasteiger partial charge on any atom is -0.383 e. The van der Waals surface area contributed by atoms with Crippen molar-refractivity contribution < 1.29 is 4.74 Å². The maximum atomic E-state index is 5.02. The molecule has 114 valence electrons.